The average molecular weight is 451 g/mol. The van der Waals surface area contributed by atoms with Gasteiger partial charge in [0, 0.05) is 18.7 Å². The van der Waals surface area contributed by atoms with Crippen molar-refractivity contribution < 1.29 is 22.8 Å². The van der Waals surface area contributed by atoms with Gasteiger partial charge in [-0.2, -0.15) is 5.10 Å². The second kappa shape index (κ2) is 8.36. The Morgan fingerprint density at radius 1 is 1.23 bits per heavy atom. The molecule has 3 rings (SSSR count). The van der Waals surface area contributed by atoms with Gasteiger partial charge in [0.25, 0.3) is 5.91 Å². The summed E-state index contributed by atoms with van der Waals surface area (Å²) in [5.74, 6) is -1.24. The molecule has 3 aromatic rings. The van der Waals surface area contributed by atoms with Crippen molar-refractivity contribution in [1.82, 2.24) is 14.8 Å². The zero-order valence-electron chi connectivity index (χ0n) is 15.5. The summed E-state index contributed by atoms with van der Waals surface area (Å²) in [6.45, 7) is 0. The van der Waals surface area contributed by atoms with Crippen LogP contribution >= 0.6 is 11.6 Å². The highest BCUT2D eigenvalue weighted by Crippen LogP contribution is 2.28. The maximum atomic E-state index is 13.6. The van der Waals surface area contributed by atoms with Gasteiger partial charge in [-0.05, 0) is 54.6 Å². The van der Waals surface area contributed by atoms with E-state index in [-0.39, 0.29) is 9.92 Å². The van der Waals surface area contributed by atoms with Gasteiger partial charge >= 0.3 is 0 Å². The molecule has 2 aromatic carbocycles. The van der Waals surface area contributed by atoms with E-state index < -0.39 is 21.7 Å². The molecule has 0 bridgehead atoms. The molecular weight excluding hydrogens is 435 g/mol. The highest BCUT2D eigenvalue weighted by Gasteiger charge is 2.14. The van der Waals surface area contributed by atoms with Gasteiger partial charge in [0.15, 0.2) is 0 Å². The first-order valence-corrected chi connectivity index (χ1v) is 10.3. The van der Waals surface area contributed by atoms with Crippen molar-refractivity contribution in [3.05, 3.63) is 71.1 Å². The van der Waals surface area contributed by atoms with Crippen LogP contribution in [0.25, 0.3) is 23.0 Å². The number of hydrogen-bond donors (Lipinski definition) is 2. The molecule has 156 valence electrons. The molecule has 0 aliphatic rings. The number of carbonyl (C=O) groups is 1. The van der Waals surface area contributed by atoms with Gasteiger partial charge in [0.2, 0.25) is 10.0 Å². The third-order valence-corrected chi connectivity index (χ3v) is 5.29. The molecule has 0 spiro atoms. The van der Waals surface area contributed by atoms with Gasteiger partial charge in [-0.3, -0.25) is 10.0 Å². The van der Waals surface area contributed by atoms with Crippen molar-refractivity contribution >= 4 is 33.6 Å². The van der Waals surface area contributed by atoms with E-state index in [0.717, 1.165) is 6.08 Å². The molecule has 30 heavy (non-hydrogen) atoms. The highest BCUT2D eigenvalue weighted by atomic mass is 35.5. The number of rotatable bonds is 5. The van der Waals surface area contributed by atoms with Crippen LogP contribution < -0.4 is 5.14 Å². The van der Waals surface area contributed by atoms with Crippen LogP contribution in [0.2, 0.25) is 5.02 Å². The molecule has 3 N–H and O–H groups in total. The molecule has 1 aromatic heterocycles. The van der Waals surface area contributed by atoms with Crippen LogP contribution in [-0.4, -0.2) is 41.4 Å². The SMILES string of the molecule is CN(O)C(=O)/C=C/c1cc(-c2ccc(F)c(Cl)c2)n(-c2ccc(S(N)(=O)=O)cc2)n1. The number of likely N-dealkylation sites (N-methyl/N-ethyl adjacent to an activating group) is 1. The minimum atomic E-state index is -3.86. The number of primary sulfonamides is 1. The molecule has 0 unspecified atom stereocenters. The molecule has 0 aliphatic heterocycles. The van der Waals surface area contributed by atoms with Crippen molar-refractivity contribution in [2.45, 2.75) is 4.90 Å². The van der Waals surface area contributed by atoms with E-state index in [1.165, 1.54) is 60.3 Å². The number of aromatic nitrogens is 2. The molecular formula is C19H16ClFN4O4S. The third kappa shape index (κ3) is 4.74. The maximum Gasteiger partial charge on any atom is 0.269 e. The molecule has 11 heteroatoms. The lowest BCUT2D eigenvalue weighted by Gasteiger charge is -2.09. The van der Waals surface area contributed by atoms with Crippen LogP contribution in [0.1, 0.15) is 5.69 Å². The first-order valence-electron chi connectivity index (χ1n) is 8.39. The second-order valence-corrected chi connectivity index (χ2v) is 8.20. The van der Waals surface area contributed by atoms with Crippen LogP contribution in [0.5, 0.6) is 0 Å². The van der Waals surface area contributed by atoms with Gasteiger partial charge in [0.05, 0.1) is 27.0 Å². The number of hydroxylamine groups is 2. The molecule has 1 heterocycles. The molecule has 0 fully saturated rings. The standard InChI is InChI=1S/C19H16ClFN4O4S/c1-24(27)19(26)9-3-13-11-18(12-2-8-17(21)16(20)10-12)25(23-13)14-4-6-15(7-5-14)30(22,28)29/h2-11,27H,1H3,(H2,22,28,29)/b9-3+. The van der Waals surface area contributed by atoms with Crippen molar-refractivity contribution in [2.75, 3.05) is 7.05 Å². The summed E-state index contributed by atoms with van der Waals surface area (Å²) in [6.07, 6.45) is 2.51. The first-order chi connectivity index (χ1) is 14.1. The second-order valence-electron chi connectivity index (χ2n) is 6.23. The Kier molecular flexibility index (Phi) is 6.04. The number of carbonyl (C=O) groups excluding carboxylic acids is 1. The molecule has 1 amide bonds. The minimum absolute atomic E-state index is 0.0681. The lowest BCUT2D eigenvalue weighted by atomic mass is 10.1. The number of sulfonamides is 1. The fourth-order valence-electron chi connectivity index (χ4n) is 2.58. The maximum absolute atomic E-state index is 13.6. The lowest BCUT2D eigenvalue weighted by molar-refractivity contribution is -0.153. The molecule has 0 aliphatic carbocycles. The van der Waals surface area contributed by atoms with Crippen LogP contribution in [0.3, 0.4) is 0 Å². The van der Waals surface area contributed by atoms with Gasteiger partial charge in [-0.15, -0.1) is 0 Å². The van der Waals surface area contributed by atoms with Crippen molar-refractivity contribution in [1.29, 1.82) is 0 Å². The average Bonchev–Trinajstić information content (AvgIpc) is 3.12. The van der Waals surface area contributed by atoms with Gasteiger partial charge in [-0.1, -0.05) is 11.6 Å². The Labute approximate surface area is 176 Å². The fraction of sp³-hybridized carbons (Fsp3) is 0.0526. The Hall–Kier alpha value is -3.05. The number of hydrogen-bond acceptors (Lipinski definition) is 5. The summed E-state index contributed by atoms with van der Waals surface area (Å²) in [4.78, 5) is 11.5. The largest absolute Gasteiger partial charge is 0.286 e. The number of benzene rings is 2. The molecule has 0 saturated heterocycles. The minimum Gasteiger partial charge on any atom is -0.286 e. The summed E-state index contributed by atoms with van der Waals surface area (Å²) in [7, 11) is -2.68. The third-order valence-electron chi connectivity index (χ3n) is 4.07. The van der Waals surface area contributed by atoms with E-state index in [4.69, 9.17) is 21.9 Å². The van der Waals surface area contributed by atoms with Gasteiger partial charge < -0.3 is 0 Å². The summed E-state index contributed by atoms with van der Waals surface area (Å²) >= 11 is 5.90. The summed E-state index contributed by atoms with van der Waals surface area (Å²) in [6, 6.07) is 11.4. The Morgan fingerprint density at radius 3 is 2.47 bits per heavy atom. The van der Waals surface area contributed by atoms with Crippen molar-refractivity contribution in [2.24, 2.45) is 5.14 Å². The number of halogens is 2. The van der Waals surface area contributed by atoms with Crippen molar-refractivity contribution in [3.8, 4) is 16.9 Å². The van der Waals surface area contributed by atoms with E-state index in [1.54, 1.807) is 6.07 Å². The smallest absolute Gasteiger partial charge is 0.269 e. The molecule has 0 atom stereocenters. The summed E-state index contributed by atoms with van der Waals surface area (Å²) in [5.41, 5.74) is 1.89. The van der Waals surface area contributed by atoms with Crippen molar-refractivity contribution in [3.63, 3.8) is 0 Å². The lowest BCUT2D eigenvalue weighted by Crippen LogP contribution is -2.19. The van der Waals surface area contributed by atoms with Crippen LogP contribution in [0.15, 0.2) is 59.5 Å². The van der Waals surface area contributed by atoms with E-state index in [2.05, 4.69) is 5.10 Å². The monoisotopic (exact) mass is 450 g/mol. The number of amides is 1. The van der Waals surface area contributed by atoms with E-state index >= 15 is 0 Å². The molecule has 0 saturated carbocycles. The van der Waals surface area contributed by atoms with E-state index in [1.807, 2.05) is 0 Å². The highest BCUT2D eigenvalue weighted by molar-refractivity contribution is 7.89. The summed E-state index contributed by atoms with van der Waals surface area (Å²) in [5, 5.41) is 19.0. The van der Waals surface area contributed by atoms with Gasteiger partial charge in [0.1, 0.15) is 5.82 Å². The normalized spacial score (nSPS) is 11.8. The predicted molar refractivity (Wildman–Crippen MR) is 109 cm³/mol. The quantitative estimate of drug-likeness (QED) is 0.352. The zero-order valence-corrected chi connectivity index (χ0v) is 17.1. The Bertz CT molecular complexity index is 1240. The Balaban J connectivity index is 2.12. The van der Waals surface area contributed by atoms with Crippen LogP contribution in [-0.2, 0) is 14.8 Å². The van der Waals surface area contributed by atoms with Gasteiger partial charge in [-0.25, -0.2) is 27.7 Å². The molecule has 0 radical (unpaired) electrons. The summed E-state index contributed by atoms with van der Waals surface area (Å²) < 4.78 is 38.0. The predicted octanol–water partition coefficient (Wildman–Crippen LogP) is 2.84. The fourth-order valence-corrected chi connectivity index (χ4v) is 3.28. The van der Waals surface area contributed by atoms with E-state index in [9.17, 15) is 17.6 Å². The Morgan fingerprint density at radius 2 is 1.90 bits per heavy atom. The first kappa shape index (κ1) is 21.7. The van der Waals surface area contributed by atoms with Crippen LogP contribution in [0, 0.1) is 5.82 Å². The topological polar surface area (TPSA) is 119 Å². The number of nitrogens with two attached hydrogens (primary N) is 1. The number of nitrogens with zero attached hydrogens (tertiary/aromatic N) is 3. The zero-order chi connectivity index (χ0) is 22.1. The van der Waals surface area contributed by atoms with Crippen LogP contribution in [0.4, 0.5) is 4.39 Å². The van der Waals surface area contributed by atoms with E-state index in [0.29, 0.717) is 27.7 Å². The molecule has 8 nitrogen and oxygen atoms in total.